The molecule has 1 aromatic carbocycles. The highest BCUT2D eigenvalue weighted by molar-refractivity contribution is 5.94. The van der Waals surface area contributed by atoms with Crippen LogP contribution in [-0.4, -0.2) is 18.5 Å². The normalized spacial score (nSPS) is 10.8. The summed E-state index contributed by atoms with van der Waals surface area (Å²) in [5, 5.41) is 2.88. The SMILES string of the molecule is CC(=O)OCC(=O)Nc1c(C(C)C)cccc1C(C)C. The maximum Gasteiger partial charge on any atom is 0.303 e. The summed E-state index contributed by atoms with van der Waals surface area (Å²) in [7, 11) is 0. The number of carbonyl (C=O) groups excluding carboxylic acids is 2. The first kappa shape index (κ1) is 16.2. The van der Waals surface area contributed by atoms with Crippen molar-refractivity contribution in [1.82, 2.24) is 0 Å². The standard InChI is InChI=1S/C16H23NO3/c1-10(2)13-7-6-8-14(11(3)4)16(13)17-15(19)9-20-12(5)18/h6-8,10-11H,9H2,1-5H3,(H,17,19). The topological polar surface area (TPSA) is 55.4 Å². The van der Waals surface area contributed by atoms with Crippen LogP contribution in [0.3, 0.4) is 0 Å². The van der Waals surface area contributed by atoms with Gasteiger partial charge >= 0.3 is 5.97 Å². The van der Waals surface area contributed by atoms with E-state index in [-0.39, 0.29) is 12.5 Å². The Morgan fingerprint density at radius 1 is 1.10 bits per heavy atom. The molecule has 20 heavy (non-hydrogen) atoms. The first-order chi connectivity index (χ1) is 9.32. The molecule has 1 N–H and O–H groups in total. The summed E-state index contributed by atoms with van der Waals surface area (Å²) >= 11 is 0. The number of benzene rings is 1. The van der Waals surface area contributed by atoms with Gasteiger partial charge in [0.2, 0.25) is 0 Å². The van der Waals surface area contributed by atoms with Gasteiger partial charge in [-0.2, -0.15) is 0 Å². The molecule has 1 amide bonds. The van der Waals surface area contributed by atoms with Gasteiger partial charge in [-0.05, 0) is 23.0 Å². The molecule has 0 aliphatic heterocycles. The number of hydrogen-bond donors (Lipinski definition) is 1. The molecule has 4 heteroatoms. The van der Waals surface area contributed by atoms with E-state index in [1.54, 1.807) is 0 Å². The van der Waals surface area contributed by atoms with Crippen molar-refractivity contribution in [3.05, 3.63) is 29.3 Å². The zero-order valence-corrected chi connectivity index (χ0v) is 12.8. The highest BCUT2D eigenvalue weighted by Gasteiger charge is 2.16. The minimum Gasteiger partial charge on any atom is -0.456 e. The van der Waals surface area contributed by atoms with E-state index < -0.39 is 5.97 Å². The summed E-state index contributed by atoms with van der Waals surface area (Å²) in [6, 6.07) is 6.03. The summed E-state index contributed by atoms with van der Waals surface area (Å²) in [4.78, 5) is 22.6. The van der Waals surface area contributed by atoms with Crippen LogP contribution in [0.4, 0.5) is 5.69 Å². The van der Waals surface area contributed by atoms with Crippen molar-refractivity contribution in [2.75, 3.05) is 11.9 Å². The Labute approximate surface area is 120 Å². The van der Waals surface area contributed by atoms with E-state index in [0.717, 1.165) is 16.8 Å². The van der Waals surface area contributed by atoms with Crippen molar-refractivity contribution in [1.29, 1.82) is 0 Å². The number of nitrogens with one attached hydrogen (secondary N) is 1. The fraction of sp³-hybridized carbons (Fsp3) is 0.500. The summed E-state index contributed by atoms with van der Waals surface area (Å²) in [6.07, 6.45) is 0. The molecular formula is C16H23NO3. The Morgan fingerprint density at radius 3 is 2.00 bits per heavy atom. The van der Waals surface area contributed by atoms with E-state index in [9.17, 15) is 9.59 Å². The molecule has 0 fully saturated rings. The molecule has 1 rings (SSSR count). The van der Waals surface area contributed by atoms with Gasteiger partial charge < -0.3 is 10.1 Å². The smallest absolute Gasteiger partial charge is 0.303 e. The zero-order valence-electron chi connectivity index (χ0n) is 12.8. The predicted octanol–water partition coefficient (Wildman–Crippen LogP) is 3.44. The Morgan fingerprint density at radius 2 is 1.60 bits per heavy atom. The average Bonchev–Trinajstić information content (AvgIpc) is 2.36. The van der Waals surface area contributed by atoms with Crippen molar-refractivity contribution >= 4 is 17.6 Å². The number of ether oxygens (including phenoxy) is 1. The number of carbonyl (C=O) groups is 2. The van der Waals surface area contributed by atoms with Gasteiger partial charge in [0, 0.05) is 12.6 Å². The first-order valence-corrected chi connectivity index (χ1v) is 6.89. The largest absolute Gasteiger partial charge is 0.456 e. The van der Waals surface area contributed by atoms with E-state index in [0.29, 0.717) is 11.8 Å². The van der Waals surface area contributed by atoms with Crippen LogP contribution >= 0.6 is 0 Å². The molecule has 1 aromatic rings. The summed E-state index contributed by atoms with van der Waals surface area (Å²) in [5.74, 6) is -0.160. The number of hydrogen-bond acceptors (Lipinski definition) is 3. The molecule has 0 radical (unpaired) electrons. The van der Waals surface area contributed by atoms with Crippen LogP contribution in [0.15, 0.2) is 18.2 Å². The second-order valence-corrected chi connectivity index (χ2v) is 5.45. The Kier molecular flexibility index (Phi) is 5.74. The Bertz CT molecular complexity index is 466. The highest BCUT2D eigenvalue weighted by Crippen LogP contribution is 2.32. The monoisotopic (exact) mass is 277 g/mol. The van der Waals surface area contributed by atoms with Crippen molar-refractivity contribution in [3.63, 3.8) is 0 Å². The lowest BCUT2D eigenvalue weighted by atomic mass is 9.92. The van der Waals surface area contributed by atoms with Crippen LogP contribution in [-0.2, 0) is 14.3 Å². The second-order valence-electron chi connectivity index (χ2n) is 5.45. The molecule has 110 valence electrons. The average molecular weight is 277 g/mol. The number of anilines is 1. The van der Waals surface area contributed by atoms with Gasteiger partial charge in [0.15, 0.2) is 6.61 Å². The molecule has 0 atom stereocenters. The number of rotatable bonds is 5. The molecule has 0 aliphatic rings. The van der Waals surface area contributed by atoms with Gasteiger partial charge in [0.25, 0.3) is 5.91 Å². The number of esters is 1. The van der Waals surface area contributed by atoms with E-state index >= 15 is 0 Å². The van der Waals surface area contributed by atoms with Gasteiger partial charge in [-0.25, -0.2) is 0 Å². The third kappa shape index (κ3) is 4.37. The molecule has 0 bridgehead atoms. The van der Waals surface area contributed by atoms with E-state index in [2.05, 4.69) is 33.0 Å². The summed E-state index contributed by atoms with van der Waals surface area (Å²) in [6.45, 7) is 9.37. The predicted molar refractivity (Wildman–Crippen MR) is 79.9 cm³/mol. The van der Waals surface area contributed by atoms with Crippen LogP contribution in [0.5, 0.6) is 0 Å². The molecule has 4 nitrogen and oxygen atoms in total. The Hall–Kier alpha value is -1.84. The number of para-hydroxylation sites is 1. The fourth-order valence-corrected chi connectivity index (χ4v) is 2.04. The van der Waals surface area contributed by atoms with Crippen LogP contribution in [0.2, 0.25) is 0 Å². The minimum atomic E-state index is -0.457. The van der Waals surface area contributed by atoms with E-state index in [1.165, 1.54) is 6.92 Å². The molecule has 0 heterocycles. The summed E-state index contributed by atoms with van der Waals surface area (Å²) < 4.78 is 4.73. The van der Waals surface area contributed by atoms with Crippen molar-refractivity contribution in [3.8, 4) is 0 Å². The molecule has 0 unspecified atom stereocenters. The molecule has 0 saturated heterocycles. The highest BCUT2D eigenvalue weighted by atomic mass is 16.5. The van der Waals surface area contributed by atoms with Crippen LogP contribution in [0, 0.1) is 0 Å². The van der Waals surface area contributed by atoms with Gasteiger partial charge in [-0.1, -0.05) is 45.9 Å². The fourth-order valence-electron chi connectivity index (χ4n) is 2.04. The van der Waals surface area contributed by atoms with E-state index in [4.69, 9.17) is 4.74 Å². The third-order valence-corrected chi connectivity index (χ3v) is 3.04. The quantitative estimate of drug-likeness (QED) is 0.839. The lowest BCUT2D eigenvalue weighted by Crippen LogP contribution is -2.21. The van der Waals surface area contributed by atoms with E-state index in [1.807, 2.05) is 18.2 Å². The minimum absolute atomic E-state index is 0.251. The van der Waals surface area contributed by atoms with Gasteiger partial charge in [0.1, 0.15) is 0 Å². The van der Waals surface area contributed by atoms with Gasteiger partial charge in [-0.3, -0.25) is 9.59 Å². The molecule has 0 aromatic heterocycles. The third-order valence-electron chi connectivity index (χ3n) is 3.04. The lowest BCUT2D eigenvalue weighted by molar-refractivity contribution is -0.144. The molecule has 0 aliphatic carbocycles. The van der Waals surface area contributed by atoms with Crippen LogP contribution in [0.25, 0.3) is 0 Å². The molecular weight excluding hydrogens is 254 g/mol. The lowest BCUT2D eigenvalue weighted by Gasteiger charge is -2.20. The number of amides is 1. The van der Waals surface area contributed by atoms with Crippen molar-refractivity contribution in [2.24, 2.45) is 0 Å². The Balaban J connectivity index is 3.01. The van der Waals surface area contributed by atoms with Gasteiger partial charge in [0.05, 0.1) is 0 Å². The molecule has 0 saturated carbocycles. The summed E-state index contributed by atoms with van der Waals surface area (Å²) in [5.41, 5.74) is 3.02. The van der Waals surface area contributed by atoms with Crippen LogP contribution < -0.4 is 5.32 Å². The van der Waals surface area contributed by atoms with Crippen molar-refractivity contribution < 1.29 is 14.3 Å². The first-order valence-electron chi connectivity index (χ1n) is 6.89. The van der Waals surface area contributed by atoms with Crippen molar-refractivity contribution in [2.45, 2.75) is 46.5 Å². The second kappa shape index (κ2) is 7.08. The maximum absolute atomic E-state index is 11.9. The maximum atomic E-state index is 11.9. The zero-order chi connectivity index (χ0) is 15.3. The van der Waals surface area contributed by atoms with Gasteiger partial charge in [-0.15, -0.1) is 0 Å². The van der Waals surface area contributed by atoms with Crippen LogP contribution in [0.1, 0.15) is 57.6 Å². The molecule has 0 spiro atoms.